The Morgan fingerprint density at radius 3 is 2.32 bits per heavy atom. The van der Waals surface area contributed by atoms with Crippen molar-refractivity contribution in [3.8, 4) is 17.2 Å². The predicted molar refractivity (Wildman–Crippen MR) is 135 cm³/mol. The summed E-state index contributed by atoms with van der Waals surface area (Å²) in [5, 5.41) is 27.2. The van der Waals surface area contributed by atoms with Crippen LogP contribution in [0, 0.1) is 40.6 Å². The van der Waals surface area contributed by atoms with E-state index in [9.17, 15) is 23.9 Å². The van der Waals surface area contributed by atoms with E-state index in [1.165, 1.54) is 11.0 Å². The molecule has 2 saturated heterocycles. The quantitative estimate of drug-likeness (QED) is 0.418. The highest BCUT2D eigenvalue weighted by Gasteiger charge is 2.52. The Balaban J connectivity index is 1.40. The van der Waals surface area contributed by atoms with Gasteiger partial charge in [-0.05, 0) is 35.4 Å². The van der Waals surface area contributed by atoms with E-state index in [4.69, 9.17) is 5.73 Å². The van der Waals surface area contributed by atoms with Gasteiger partial charge in [-0.3, -0.25) is 0 Å². The van der Waals surface area contributed by atoms with Crippen LogP contribution in [0.15, 0.2) is 54.6 Å². The van der Waals surface area contributed by atoms with Crippen LogP contribution in [-0.2, 0) is 12.1 Å². The summed E-state index contributed by atoms with van der Waals surface area (Å²) in [4.78, 5) is 14.4. The van der Waals surface area contributed by atoms with Crippen LogP contribution in [0.2, 0.25) is 0 Å². The highest BCUT2D eigenvalue weighted by molar-refractivity contribution is 5.89. The van der Waals surface area contributed by atoms with Crippen molar-refractivity contribution in [1.82, 2.24) is 10.2 Å². The summed E-state index contributed by atoms with van der Waals surface area (Å²) in [7, 11) is 0. The number of nitrogens with zero attached hydrogens (tertiary/aromatic N) is 2. The standard InChI is InChI=1S/C28H26F3N5O2/c29-21-7-22(30)9-23(8-21)35-27(37)36-14-19-12-34-13-20(15-36)28(19,38)18-2-4-25(26(31)6-18)24-3-1-16(10-32)5-17(24)11-33/h1-9,19-20,34,38H,10,12-15,32H2,(H,35,37)/t19-,20+,28+. The Morgan fingerprint density at radius 2 is 1.71 bits per heavy atom. The van der Waals surface area contributed by atoms with E-state index >= 15 is 4.39 Å². The lowest BCUT2D eigenvalue weighted by molar-refractivity contribution is -0.129. The number of urea groups is 1. The number of fused-ring (bicyclic) bond motifs is 2. The second kappa shape index (κ2) is 10.1. The number of hydrogen-bond donors (Lipinski definition) is 4. The van der Waals surface area contributed by atoms with E-state index in [0.717, 1.165) is 17.7 Å². The highest BCUT2D eigenvalue weighted by Crippen LogP contribution is 2.44. The van der Waals surface area contributed by atoms with Gasteiger partial charge in [0.05, 0.1) is 11.6 Å². The van der Waals surface area contributed by atoms with Crippen molar-refractivity contribution >= 4 is 11.7 Å². The van der Waals surface area contributed by atoms with Gasteiger partial charge in [-0.15, -0.1) is 0 Å². The number of hydrogen-bond acceptors (Lipinski definition) is 5. The summed E-state index contributed by atoms with van der Waals surface area (Å²) in [5.41, 5.74) is 6.36. The zero-order valence-corrected chi connectivity index (χ0v) is 20.3. The first-order valence-corrected chi connectivity index (χ1v) is 12.2. The predicted octanol–water partition coefficient (Wildman–Crippen LogP) is 3.67. The fourth-order valence-electron chi connectivity index (χ4n) is 5.58. The number of nitrogens with one attached hydrogen (secondary N) is 2. The first-order chi connectivity index (χ1) is 18.2. The van der Waals surface area contributed by atoms with Crippen LogP contribution in [-0.4, -0.2) is 42.2 Å². The maximum absolute atomic E-state index is 15.5. The fraction of sp³-hybridized carbons (Fsp3) is 0.286. The fourth-order valence-corrected chi connectivity index (χ4v) is 5.58. The van der Waals surface area contributed by atoms with Crippen LogP contribution in [0.25, 0.3) is 11.1 Å². The van der Waals surface area contributed by atoms with Gasteiger partial charge in [0.2, 0.25) is 0 Å². The van der Waals surface area contributed by atoms with Crippen molar-refractivity contribution in [2.45, 2.75) is 12.1 Å². The van der Waals surface area contributed by atoms with E-state index in [0.29, 0.717) is 35.8 Å². The van der Waals surface area contributed by atoms with Crippen molar-refractivity contribution in [3.63, 3.8) is 0 Å². The largest absolute Gasteiger partial charge is 0.384 e. The highest BCUT2D eigenvalue weighted by atomic mass is 19.1. The van der Waals surface area contributed by atoms with Crippen LogP contribution >= 0.6 is 0 Å². The molecule has 196 valence electrons. The molecule has 5 N–H and O–H groups in total. The van der Waals surface area contributed by atoms with Crippen molar-refractivity contribution in [2.75, 3.05) is 31.5 Å². The molecule has 2 bridgehead atoms. The second-order valence-corrected chi connectivity index (χ2v) is 9.76. The number of piperidine rings is 2. The number of nitrogens with two attached hydrogens (primary N) is 1. The van der Waals surface area contributed by atoms with Crippen LogP contribution in [0.3, 0.4) is 0 Å². The van der Waals surface area contributed by atoms with E-state index in [1.54, 1.807) is 30.3 Å². The molecule has 10 heteroatoms. The summed E-state index contributed by atoms with van der Waals surface area (Å²) in [6, 6.07) is 13.9. The normalized spacial score (nSPS) is 22.6. The molecule has 2 fully saturated rings. The van der Waals surface area contributed by atoms with E-state index in [2.05, 4.69) is 16.7 Å². The van der Waals surface area contributed by atoms with Crippen LogP contribution < -0.4 is 16.4 Å². The molecule has 0 aliphatic carbocycles. The van der Waals surface area contributed by atoms with Gasteiger partial charge in [0, 0.05) is 67.4 Å². The molecule has 3 aromatic rings. The third-order valence-electron chi connectivity index (χ3n) is 7.47. The molecule has 2 aliphatic heterocycles. The average Bonchev–Trinajstić information content (AvgIpc) is 2.87. The monoisotopic (exact) mass is 521 g/mol. The van der Waals surface area contributed by atoms with Crippen molar-refractivity contribution < 1.29 is 23.1 Å². The van der Waals surface area contributed by atoms with Gasteiger partial charge in [0.1, 0.15) is 23.1 Å². The zero-order chi connectivity index (χ0) is 27.0. The minimum Gasteiger partial charge on any atom is -0.384 e. The van der Waals surface area contributed by atoms with Gasteiger partial charge >= 0.3 is 6.03 Å². The van der Waals surface area contributed by atoms with Gasteiger partial charge in [-0.1, -0.05) is 24.3 Å². The summed E-state index contributed by atoms with van der Waals surface area (Å²) in [5.74, 6) is -3.12. The second-order valence-electron chi connectivity index (χ2n) is 9.76. The molecule has 0 aromatic heterocycles. The van der Waals surface area contributed by atoms with Crippen molar-refractivity contribution in [1.29, 1.82) is 5.26 Å². The molecule has 7 nitrogen and oxygen atoms in total. The van der Waals surface area contributed by atoms with Crippen LogP contribution in [0.5, 0.6) is 0 Å². The van der Waals surface area contributed by atoms with E-state index in [-0.39, 0.29) is 30.9 Å². The Bertz CT molecular complexity index is 1410. The number of benzene rings is 3. The van der Waals surface area contributed by atoms with E-state index in [1.807, 2.05) is 0 Å². The first kappa shape index (κ1) is 25.7. The maximum Gasteiger partial charge on any atom is 0.321 e. The summed E-state index contributed by atoms with van der Waals surface area (Å²) < 4.78 is 42.5. The zero-order valence-electron chi connectivity index (χ0n) is 20.3. The van der Waals surface area contributed by atoms with Gasteiger partial charge in [-0.2, -0.15) is 5.26 Å². The number of halogens is 3. The summed E-state index contributed by atoms with van der Waals surface area (Å²) >= 11 is 0. The number of aliphatic hydroxyl groups is 1. The molecule has 2 amide bonds. The smallest absolute Gasteiger partial charge is 0.321 e. The lowest BCUT2D eigenvalue weighted by atomic mass is 9.67. The molecule has 38 heavy (non-hydrogen) atoms. The number of rotatable bonds is 4. The molecule has 0 radical (unpaired) electrons. The molecular weight excluding hydrogens is 495 g/mol. The lowest BCUT2D eigenvalue weighted by Gasteiger charge is -2.53. The number of anilines is 1. The van der Waals surface area contributed by atoms with Crippen molar-refractivity contribution in [2.24, 2.45) is 17.6 Å². The van der Waals surface area contributed by atoms with Gasteiger partial charge < -0.3 is 26.4 Å². The average molecular weight is 522 g/mol. The first-order valence-electron chi connectivity index (χ1n) is 12.2. The number of amides is 2. The minimum absolute atomic E-state index is 0.00878. The van der Waals surface area contributed by atoms with E-state index < -0.39 is 40.9 Å². The molecule has 2 heterocycles. The Kier molecular flexibility index (Phi) is 6.84. The third kappa shape index (κ3) is 4.60. The Hall–Kier alpha value is -3.91. The molecular formula is C28H26F3N5O2. The van der Waals surface area contributed by atoms with Gasteiger partial charge in [0.25, 0.3) is 0 Å². The van der Waals surface area contributed by atoms with Gasteiger partial charge in [0.15, 0.2) is 0 Å². The number of carbonyl (C=O) groups excluding carboxylic acids is 1. The molecule has 0 unspecified atom stereocenters. The van der Waals surface area contributed by atoms with Crippen LogP contribution in [0.1, 0.15) is 16.7 Å². The minimum atomic E-state index is -1.41. The van der Waals surface area contributed by atoms with Gasteiger partial charge in [-0.25, -0.2) is 18.0 Å². The molecule has 5 rings (SSSR count). The summed E-state index contributed by atoms with van der Waals surface area (Å²) in [6.07, 6.45) is 0. The molecule has 3 aromatic carbocycles. The molecule has 3 atom stereocenters. The number of carbonyl (C=O) groups is 1. The lowest BCUT2D eigenvalue weighted by Crippen LogP contribution is -2.65. The molecule has 0 spiro atoms. The summed E-state index contributed by atoms with van der Waals surface area (Å²) in [6.45, 7) is 1.31. The molecule has 0 saturated carbocycles. The Morgan fingerprint density at radius 1 is 1.05 bits per heavy atom. The maximum atomic E-state index is 15.5. The Labute approximate surface area is 217 Å². The third-order valence-corrected chi connectivity index (χ3v) is 7.47. The SMILES string of the molecule is N#Cc1cc(CN)ccc1-c1ccc([C@]2(O)[C@@H]3CNC[C@H]2CN(C(=O)Nc2cc(F)cc(F)c2)C3)cc1F. The van der Waals surface area contributed by atoms with Crippen LogP contribution in [0.4, 0.5) is 23.7 Å². The number of nitriles is 1. The topological polar surface area (TPSA) is 114 Å². The number of likely N-dealkylation sites (tertiary alicyclic amines) is 1. The molecule has 2 aliphatic rings. The van der Waals surface area contributed by atoms with Crippen molar-refractivity contribution in [3.05, 3.63) is 88.7 Å².